The maximum atomic E-state index is 6.00. The second kappa shape index (κ2) is 12.4. The lowest BCUT2D eigenvalue weighted by Crippen LogP contribution is -2.34. The number of nitrogens with zero attached hydrogens (tertiary/aromatic N) is 2. The molecule has 0 amide bonds. The minimum Gasteiger partial charge on any atom is -0.493 e. The molecule has 8 heteroatoms. The van der Waals surface area contributed by atoms with Gasteiger partial charge in [0.1, 0.15) is 5.52 Å². The fourth-order valence-corrected chi connectivity index (χ4v) is 3.88. The minimum absolute atomic E-state index is 0.512. The van der Waals surface area contributed by atoms with Gasteiger partial charge in [0, 0.05) is 36.1 Å². The SMILES string of the molecule is CC.CC=C(c1c[nH]c2ncc(-c3cc(OC)c(OC)c(OC)c3)nc12)C(C)(OCC)OCC. The Bertz CT molecular complexity index is 1080. The molecular formula is C26H37N3O5. The van der Waals surface area contributed by atoms with Crippen LogP contribution >= 0.6 is 0 Å². The molecule has 186 valence electrons. The summed E-state index contributed by atoms with van der Waals surface area (Å²) in [4.78, 5) is 12.7. The van der Waals surface area contributed by atoms with E-state index in [1.165, 1.54) is 0 Å². The van der Waals surface area contributed by atoms with Crippen molar-refractivity contribution in [2.24, 2.45) is 0 Å². The number of aromatic nitrogens is 3. The summed E-state index contributed by atoms with van der Waals surface area (Å²) in [5.74, 6) is 0.716. The number of nitrogens with one attached hydrogen (secondary N) is 1. The lowest BCUT2D eigenvalue weighted by atomic mass is 9.99. The van der Waals surface area contributed by atoms with Crippen molar-refractivity contribution in [2.45, 2.75) is 47.3 Å². The van der Waals surface area contributed by atoms with E-state index in [-0.39, 0.29) is 0 Å². The van der Waals surface area contributed by atoms with Gasteiger partial charge in [-0.1, -0.05) is 19.9 Å². The zero-order valence-electron chi connectivity index (χ0n) is 21.7. The van der Waals surface area contributed by atoms with Gasteiger partial charge in [0.05, 0.1) is 33.2 Å². The number of hydrogen-bond acceptors (Lipinski definition) is 7. The number of rotatable bonds is 10. The number of fused-ring (bicyclic) bond motifs is 1. The van der Waals surface area contributed by atoms with E-state index >= 15 is 0 Å². The Balaban J connectivity index is 0.00000199. The van der Waals surface area contributed by atoms with Crippen LogP contribution in [0.4, 0.5) is 0 Å². The molecule has 0 aliphatic heterocycles. The number of methoxy groups -OCH3 is 3. The summed E-state index contributed by atoms with van der Waals surface area (Å²) in [6, 6.07) is 3.70. The Morgan fingerprint density at radius 3 is 2.06 bits per heavy atom. The van der Waals surface area contributed by atoms with Crippen LogP contribution in [-0.4, -0.2) is 55.3 Å². The Kier molecular flexibility index (Phi) is 9.89. The highest BCUT2D eigenvalue weighted by Crippen LogP contribution is 2.41. The predicted molar refractivity (Wildman–Crippen MR) is 136 cm³/mol. The lowest BCUT2D eigenvalue weighted by Gasteiger charge is -2.31. The molecule has 2 heterocycles. The molecule has 0 fully saturated rings. The van der Waals surface area contributed by atoms with E-state index in [4.69, 9.17) is 28.7 Å². The summed E-state index contributed by atoms with van der Waals surface area (Å²) < 4.78 is 28.4. The molecule has 8 nitrogen and oxygen atoms in total. The van der Waals surface area contributed by atoms with Crippen LogP contribution in [0.25, 0.3) is 28.0 Å². The van der Waals surface area contributed by atoms with E-state index in [2.05, 4.69) is 9.97 Å². The van der Waals surface area contributed by atoms with E-state index < -0.39 is 5.79 Å². The first-order valence-electron chi connectivity index (χ1n) is 11.6. The molecule has 0 bridgehead atoms. The third-order valence-electron chi connectivity index (χ3n) is 5.25. The minimum atomic E-state index is -0.905. The smallest absolute Gasteiger partial charge is 0.203 e. The van der Waals surface area contributed by atoms with Crippen molar-refractivity contribution >= 4 is 16.7 Å². The van der Waals surface area contributed by atoms with Crippen LogP contribution in [0.1, 0.15) is 47.1 Å². The molecule has 0 saturated carbocycles. The number of benzene rings is 1. The van der Waals surface area contributed by atoms with Gasteiger partial charge in [0.15, 0.2) is 22.9 Å². The fourth-order valence-electron chi connectivity index (χ4n) is 3.88. The maximum Gasteiger partial charge on any atom is 0.203 e. The summed E-state index contributed by atoms with van der Waals surface area (Å²) in [6.07, 6.45) is 5.58. The van der Waals surface area contributed by atoms with Crippen molar-refractivity contribution in [1.29, 1.82) is 0 Å². The molecule has 1 N–H and O–H groups in total. The molecule has 0 aliphatic rings. The summed E-state index contributed by atoms with van der Waals surface area (Å²) >= 11 is 0. The first kappa shape index (κ1) is 27.1. The van der Waals surface area contributed by atoms with Crippen LogP contribution in [0.5, 0.6) is 17.2 Å². The molecule has 3 rings (SSSR count). The number of hydrogen-bond donors (Lipinski definition) is 1. The average Bonchev–Trinajstić information content (AvgIpc) is 3.27. The Labute approximate surface area is 202 Å². The third-order valence-corrected chi connectivity index (χ3v) is 5.25. The quantitative estimate of drug-likeness (QED) is 0.370. The van der Waals surface area contributed by atoms with Crippen LogP contribution in [0.3, 0.4) is 0 Å². The van der Waals surface area contributed by atoms with Gasteiger partial charge in [-0.15, -0.1) is 0 Å². The number of H-pyrrole nitrogens is 1. The number of allylic oxidation sites excluding steroid dienone is 1. The molecule has 0 atom stereocenters. The van der Waals surface area contributed by atoms with Crippen LogP contribution in [0.2, 0.25) is 0 Å². The van der Waals surface area contributed by atoms with Gasteiger partial charge in [-0.2, -0.15) is 0 Å². The van der Waals surface area contributed by atoms with Crippen molar-refractivity contribution in [3.05, 3.63) is 36.2 Å². The summed E-state index contributed by atoms with van der Waals surface area (Å²) in [5.41, 5.74) is 4.60. The van der Waals surface area contributed by atoms with Crippen molar-refractivity contribution in [3.8, 4) is 28.5 Å². The standard InChI is InChI=1S/C24H31N3O5.C2H6/c1-8-17(24(4,31-9-2)32-10-3)16-13-25-23-21(16)27-18(14-26-23)15-11-19(28-5)22(30-7)20(12-15)29-6;1-2/h8,11-14H,9-10H2,1-7H3,(H,25,26);1-2H3. The first-order chi connectivity index (χ1) is 16.5. The number of aromatic amines is 1. The monoisotopic (exact) mass is 471 g/mol. The molecular weight excluding hydrogens is 434 g/mol. The van der Waals surface area contributed by atoms with E-state index in [0.29, 0.717) is 41.8 Å². The molecule has 3 aromatic rings. The predicted octanol–water partition coefficient (Wildman–Crippen LogP) is 5.87. The number of ether oxygens (including phenoxy) is 5. The zero-order chi connectivity index (χ0) is 25.3. The van der Waals surface area contributed by atoms with Gasteiger partial charge >= 0.3 is 0 Å². The van der Waals surface area contributed by atoms with E-state index in [0.717, 1.165) is 22.2 Å². The van der Waals surface area contributed by atoms with E-state index in [1.807, 2.05) is 65.9 Å². The Morgan fingerprint density at radius 1 is 1.00 bits per heavy atom. The van der Waals surface area contributed by atoms with Crippen molar-refractivity contribution in [1.82, 2.24) is 15.0 Å². The fraction of sp³-hybridized carbons (Fsp3) is 0.462. The molecule has 0 radical (unpaired) electrons. The Hall–Kier alpha value is -3.10. The molecule has 34 heavy (non-hydrogen) atoms. The van der Waals surface area contributed by atoms with Gasteiger partial charge in [-0.05, 0) is 39.8 Å². The summed E-state index contributed by atoms with van der Waals surface area (Å²) in [7, 11) is 4.74. The largest absolute Gasteiger partial charge is 0.493 e. The molecule has 0 saturated heterocycles. The highest BCUT2D eigenvalue weighted by atomic mass is 16.7. The van der Waals surface area contributed by atoms with Crippen LogP contribution in [-0.2, 0) is 9.47 Å². The van der Waals surface area contributed by atoms with Crippen molar-refractivity contribution in [3.63, 3.8) is 0 Å². The maximum absolute atomic E-state index is 6.00. The first-order valence-corrected chi connectivity index (χ1v) is 11.6. The highest BCUT2D eigenvalue weighted by molar-refractivity contribution is 5.90. The zero-order valence-corrected chi connectivity index (χ0v) is 21.7. The topological polar surface area (TPSA) is 87.7 Å². The molecule has 1 aromatic carbocycles. The van der Waals surface area contributed by atoms with Gasteiger partial charge < -0.3 is 28.7 Å². The van der Waals surface area contributed by atoms with Gasteiger partial charge in [-0.3, -0.25) is 0 Å². The van der Waals surface area contributed by atoms with Crippen LogP contribution < -0.4 is 14.2 Å². The second-order valence-corrected chi connectivity index (χ2v) is 7.08. The summed E-state index contributed by atoms with van der Waals surface area (Å²) in [6.45, 7) is 12.8. The molecule has 0 spiro atoms. The highest BCUT2D eigenvalue weighted by Gasteiger charge is 2.33. The van der Waals surface area contributed by atoms with Gasteiger partial charge in [-0.25, -0.2) is 9.97 Å². The Morgan fingerprint density at radius 2 is 1.59 bits per heavy atom. The van der Waals surface area contributed by atoms with Gasteiger partial charge in [0.2, 0.25) is 5.75 Å². The average molecular weight is 472 g/mol. The van der Waals surface area contributed by atoms with Gasteiger partial charge in [0.25, 0.3) is 0 Å². The molecule has 2 aromatic heterocycles. The van der Waals surface area contributed by atoms with E-state index in [1.54, 1.807) is 27.5 Å². The second-order valence-electron chi connectivity index (χ2n) is 7.08. The van der Waals surface area contributed by atoms with Crippen LogP contribution in [0.15, 0.2) is 30.6 Å². The lowest BCUT2D eigenvalue weighted by molar-refractivity contribution is -0.178. The normalized spacial score (nSPS) is 11.7. The van der Waals surface area contributed by atoms with E-state index in [9.17, 15) is 0 Å². The van der Waals surface area contributed by atoms with Crippen molar-refractivity contribution < 1.29 is 23.7 Å². The molecule has 0 unspecified atom stereocenters. The summed E-state index contributed by atoms with van der Waals surface area (Å²) in [5, 5.41) is 0. The van der Waals surface area contributed by atoms with Crippen LogP contribution in [0, 0.1) is 0 Å². The van der Waals surface area contributed by atoms with Crippen molar-refractivity contribution in [2.75, 3.05) is 34.5 Å². The third kappa shape index (κ3) is 5.34. The molecule has 0 aliphatic carbocycles.